The molecule has 0 atom stereocenters. The molecule has 25 heavy (non-hydrogen) atoms. The molecule has 1 amide bonds. The molecule has 0 saturated heterocycles. The van der Waals surface area contributed by atoms with E-state index in [1.807, 2.05) is 0 Å². The van der Waals surface area contributed by atoms with Crippen molar-refractivity contribution in [3.05, 3.63) is 59.2 Å². The predicted octanol–water partition coefficient (Wildman–Crippen LogP) is 3.49. The van der Waals surface area contributed by atoms with Gasteiger partial charge in [-0.05, 0) is 35.9 Å². The minimum absolute atomic E-state index is 0.294. The van der Waals surface area contributed by atoms with E-state index in [9.17, 15) is 18.0 Å². The first-order valence-corrected chi connectivity index (χ1v) is 7.08. The number of carbonyl (C=O) groups is 1. The van der Waals surface area contributed by atoms with Crippen LogP contribution in [0.25, 0.3) is 0 Å². The monoisotopic (exact) mass is 352 g/mol. The van der Waals surface area contributed by atoms with Crippen LogP contribution in [0.1, 0.15) is 21.5 Å². The van der Waals surface area contributed by atoms with E-state index in [-0.39, 0.29) is 0 Å². The summed E-state index contributed by atoms with van der Waals surface area (Å²) in [4.78, 5) is 12.0. The number of ether oxygens (including phenoxy) is 2. The lowest BCUT2D eigenvalue weighted by atomic mass is 10.1. The fraction of sp³-hybridized carbons (Fsp3) is 0.176. The molecule has 0 aliphatic carbocycles. The molecule has 0 unspecified atom stereocenters. The Morgan fingerprint density at radius 1 is 1.04 bits per heavy atom. The van der Waals surface area contributed by atoms with E-state index in [4.69, 9.17) is 9.47 Å². The van der Waals surface area contributed by atoms with Gasteiger partial charge in [-0.15, -0.1) is 0 Å². The number of hydrogen-bond acceptors (Lipinski definition) is 4. The van der Waals surface area contributed by atoms with Crippen molar-refractivity contribution in [1.82, 2.24) is 5.43 Å². The second-order valence-electron chi connectivity index (χ2n) is 4.89. The van der Waals surface area contributed by atoms with Gasteiger partial charge in [0.1, 0.15) is 0 Å². The molecule has 0 aromatic heterocycles. The average molecular weight is 352 g/mol. The van der Waals surface area contributed by atoms with Crippen LogP contribution in [0.4, 0.5) is 13.2 Å². The Morgan fingerprint density at radius 3 is 2.24 bits per heavy atom. The van der Waals surface area contributed by atoms with Gasteiger partial charge in [-0.3, -0.25) is 4.79 Å². The van der Waals surface area contributed by atoms with Gasteiger partial charge in [-0.2, -0.15) is 18.3 Å². The number of benzene rings is 2. The highest BCUT2D eigenvalue weighted by molar-refractivity contribution is 5.95. The molecule has 0 radical (unpaired) electrons. The molecule has 0 heterocycles. The fourth-order valence-electron chi connectivity index (χ4n) is 1.97. The van der Waals surface area contributed by atoms with Crippen molar-refractivity contribution in [1.29, 1.82) is 0 Å². The Morgan fingerprint density at radius 2 is 1.68 bits per heavy atom. The minimum Gasteiger partial charge on any atom is -0.493 e. The van der Waals surface area contributed by atoms with Crippen molar-refractivity contribution in [3.8, 4) is 11.5 Å². The van der Waals surface area contributed by atoms with Crippen LogP contribution in [-0.4, -0.2) is 26.3 Å². The van der Waals surface area contributed by atoms with E-state index in [0.717, 1.165) is 12.1 Å². The van der Waals surface area contributed by atoms with Gasteiger partial charge in [0.15, 0.2) is 11.5 Å². The molecule has 0 fully saturated rings. The Bertz CT molecular complexity index is 772. The number of methoxy groups -OCH3 is 2. The Labute approximate surface area is 142 Å². The van der Waals surface area contributed by atoms with Gasteiger partial charge in [0.25, 0.3) is 5.91 Å². The third kappa shape index (κ3) is 4.72. The number of halogens is 3. The van der Waals surface area contributed by atoms with Gasteiger partial charge in [0, 0.05) is 5.56 Å². The third-order valence-corrected chi connectivity index (χ3v) is 3.26. The Kier molecular flexibility index (Phi) is 5.63. The molecule has 0 bridgehead atoms. The number of alkyl halides is 3. The van der Waals surface area contributed by atoms with Gasteiger partial charge >= 0.3 is 6.18 Å². The number of hydrogen-bond donors (Lipinski definition) is 1. The third-order valence-electron chi connectivity index (χ3n) is 3.26. The summed E-state index contributed by atoms with van der Waals surface area (Å²) in [6.07, 6.45) is -3.14. The first-order valence-electron chi connectivity index (χ1n) is 7.08. The van der Waals surface area contributed by atoms with Crippen molar-refractivity contribution in [3.63, 3.8) is 0 Å². The second-order valence-corrected chi connectivity index (χ2v) is 4.89. The number of rotatable bonds is 5. The van der Waals surface area contributed by atoms with Crippen LogP contribution in [0, 0.1) is 0 Å². The zero-order valence-corrected chi connectivity index (χ0v) is 13.4. The summed E-state index contributed by atoms with van der Waals surface area (Å²) in [5, 5.41) is 3.73. The standard InChI is InChI=1S/C17H15F3N2O3/c1-24-14-8-5-12(9-15(14)25-2)16(23)22-21-10-11-3-6-13(7-4-11)17(18,19)20/h3-10H,1-2H3,(H,22,23)/b21-10-. The SMILES string of the molecule is COc1ccc(C(=O)N/N=C\c2ccc(C(F)(F)F)cc2)cc1OC. The van der Waals surface area contributed by atoms with Crippen LogP contribution in [-0.2, 0) is 6.18 Å². The van der Waals surface area contributed by atoms with Gasteiger partial charge in [-0.25, -0.2) is 5.43 Å². The summed E-state index contributed by atoms with van der Waals surface area (Å²) in [6.45, 7) is 0. The lowest BCUT2D eigenvalue weighted by molar-refractivity contribution is -0.137. The van der Waals surface area contributed by atoms with Crippen LogP contribution in [0.3, 0.4) is 0 Å². The Balaban J connectivity index is 2.03. The smallest absolute Gasteiger partial charge is 0.416 e. The molecule has 5 nitrogen and oxygen atoms in total. The lowest BCUT2D eigenvalue weighted by Crippen LogP contribution is -2.17. The zero-order chi connectivity index (χ0) is 18.4. The molecular weight excluding hydrogens is 337 g/mol. The average Bonchev–Trinajstić information content (AvgIpc) is 2.60. The van der Waals surface area contributed by atoms with Crippen molar-refractivity contribution >= 4 is 12.1 Å². The highest BCUT2D eigenvalue weighted by Crippen LogP contribution is 2.29. The van der Waals surface area contributed by atoms with E-state index < -0.39 is 17.6 Å². The summed E-state index contributed by atoms with van der Waals surface area (Å²) in [5.41, 5.74) is 2.25. The summed E-state index contributed by atoms with van der Waals surface area (Å²) < 4.78 is 47.6. The minimum atomic E-state index is -4.39. The molecule has 0 saturated carbocycles. The molecule has 0 aliphatic rings. The number of amides is 1. The zero-order valence-electron chi connectivity index (χ0n) is 13.4. The van der Waals surface area contributed by atoms with E-state index >= 15 is 0 Å². The van der Waals surface area contributed by atoms with Gasteiger partial charge < -0.3 is 9.47 Å². The van der Waals surface area contributed by atoms with Crippen molar-refractivity contribution in [2.75, 3.05) is 14.2 Å². The quantitative estimate of drug-likeness (QED) is 0.662. The number of hydrazone groups is 1. The summed E-state index contributed by atoms with van der Waals surface area (Å²) in [5.74, 6) is 0.373. The molecular formula is C17H15F3N2O3. The summed E-state index contributed by atoms with van der Waals surface area (Å²) in [6, 6.07) is 9.00. The number of nitrogens with zero attached hydrogens (tertiary/aromatic N) is 1. The van der Waals surface area contributed by atoms with Crippen molar-refractivity contribution in [2.24, 2.45) is 5.10 Å². The van der Waals surface area contributed by atoms with Crippen molar-refractivity contribution in [2.45, 2.75) is 6.18 Å². The number of carbonyl (C=O) groups excluding carboxylic acids is 1. The molecule has 2 aromatic rings. The maximum absolute atomic E-state index is 12.5. The maximum Gasteiger partial charge on any atom is 0.416 e. The molecule has 2 aromatic carbocycles. The molecule has 8 heteroatoms. The summed E-state index contributed by atoms with van der Waals surface area (Å²) in [7, 11) is 2.92. The second kappa shape index (κ2) is 7.69. The maximum atomic E-state index is 12.5. The normalized spacial score (nSPS) is 11.4. The molecule has 1 N–H and O–H groups in total. The topological polar surface area (TPSA) is 59.9 Å². The van der Waals surface area contributed by atoms with Crippen LogP contribution in [0.15, 0.2) is 47.6 Å². The lowest BCUT2D eigenvalue weighted by Gasteiger charge is -2.08. The molecule has 0 aliphatic heterocycles. The number of nitrogens with one attached hydrogen (secondary N) is 1. The van der Waals surface area contributed by atoms with Crippen molar-refractivity contribution < 1.29 is 27.4 Å². The molecule has 2 rings (SSSR count). The molecule has 132 valence electrons. The van der Waals surface area contributed by atoms with Crippen LogP contribution in [0.5, 0.6) is 11.5 Å². The first-order chi connectivity index (χ1) is 11.8. The highest BCUT2D eigenvalue weighted by atomic mass is 19.4. The summed E-state index contributed by atoms with van der Waals surface area (Å²) >= 11 is 0. The van der Waals surface area contributed by atoms with E-state index in [1.54, 1.807) is 6.07 Å². The van der Waals surface area contributed by atoms with E-state index in [1.165, 1.54) is 44.7 Å². The van der Waals surface area contributed by atoms with Gasteiger partial charge in [0.2, 0.25) is 0 Å². The van der Waals surface area contributed by atoms with E-state index in [2.05, 4.69) is 10.5 Å². The van der Waals surface area contributed by atoms with Crippen LogP contribution >= 0.6 is 0 Å². The Hall–Kier alpha value is -3.03. The molecule has 0 spiro atoms. The fourth-order valence-corrected chi connectivity index (χ4v) is 1.97. The van der Waals surface area contributed by atoms with Gasteiger partial charge in [-0.1, -0.05) is 12.1 Å². The highest BCUT2D eigenvalue weighted by Gasteiger charge is 2.29. The first kappa shape index (κ1) is 18.3. The van der Waals surface area contributed by atoms with E-state index in [0.29, 0.717) is 22.6 Å². The van der Waals surface area contributed by atoms with Crippen LogP contribution in [0.2, 0.25) is 0 Å². The van der Waals surface area contributed by atoms with Gasteiger partial charge in [0.05, 0.1) is 26.0 Å². The van der Waals surface area contributed by atoms with Crippen LogP contribution < -0.4 is 14.9 Å². The largest absolute Gasteiger partial charge is 0.493 e. The predicted molar refractivity (Wildman–Crippen MR) is 86.1 cm³/mol.